The zero-order chi connectivity index (χ0) is 22.8. The third kappa shape index (κ3) is 5.17. The molecule has 0 unspecified atom stereocenters. The lowest BCUT2D eigenvalue weighted by atomic mass is 10.1. The van der Waals surface area contributed by atoms with Crippen LogP contribution < -0.4 is 9.80 Å². The van der Waals surface area contributed by atoms with Crippen LogP contribution in [0, 0.1) is 17.6 Å². The van der Waals surface area contributed by atoms with Gasteiger partial charge in [-0.1, -0.05) is 0 Å². The summed E-state index contributed by atoms with van der Waals surface area (Å²) in [5, 5.41) is 1.30. The number of amides is 2. The average molecular weight is 451 g/mol. The van der Waals surface area contributed by atoms with Crippen molar-refractivity contribution in [3.63, 3.8) is 0 Å². The summed E-state index contributed by atoms with van der Waals surface area (Å²) in [6.07, 6.45) is 1.98. The van der Waals surface area contributed by atoms with Crippen LogP contribution in [0.2, 0.25) is 0 Å². The Labute approximate surface area is 185 Å². The summed E-state index contributed by atoms with van der Waals surface area (Å²) in [5.74, 6) is -1.31. The number of Topliss-reactive ketones (excluding diaryl/α,β-unsaturated/α-hetero) is 1. The Bertz CT molecular complexity index is 885. The minimum atomic E-state index is -0.808. The monoisotopic (exact) mass is 451 g/mol. The molecule has 2 amide bonds. The molecule has 0 radical (unpaired) electrons. The Morgan fingerprint density at radius 1 is 1.12 bits per heavy atom. The predicted octanol–water partition coefficient (Wildman–Crippen LogP) is 3.04. The van der Waals surface area contributed by atoms with Crippen LogP contribution in [-0.2, 0) is 19.2 Å². The van der Waals surface area contributed by atoms with E-state index in [0.29, 0.717) is 18.8 Å². The molecule has 3 fully saturated rings. The summed E-state index contributed by atoms with van der Waals surface area (Å²) < 4.78 is 35.2. The van der Waals surface area contributed by atoms with Crippen LogP contribution in [0.25, 0.3) is 0 Å². The van der Waals surface area contributed by atoms with Gasteiger partial charge in [0.1, 0.15) is 17.6 Å². The van der Waals surface area contributed by atoms with E-state index < -0.39 is 23.8 Å². The lowest BCUT2D eigenvalue weighted by Gasteiger charge is -2.24. The molecular formula is C22H27F2N3O5. The van der Waals surface area contributed by atoms with Crippen molar-refractivity contribution in [2.24, 2.45) is 5.92 Å². The van der Waals surface area contributed by atoms with E-state index in [9.17, 15) is 23.2 Å². The molecular weight excluding hydrogens is 424 g/mol. The Morgan fingerprint density at radius 3 is 2.50 bits per heavy atom. The van der Waals surface area contributed by atoms with E-state index in [2.05, 4.69) is 0 Å². The van der Waals surface area contributed by atoms with Crippen LogP contribution in [0.4, 0.5) is 25.0 Å². The second-order valence-electron chi connectivity index (χ2n) is 8.58. The van der Waals surface area contributed by atoms with Gasteiger partial charge in [-0.2, -0.15) is 0 Å². The van der Waals surface area contributed by atoms with Crippen molar-refractivity contribution in [1.82, 2.24) is 5.06 Å². The first-order chi connectivity index (χ1) is 15.3. The second kappa shape index (κ2) is 9.40. The number of ketones is 1. The number of halogens is 2. The molecule has 2 saturated heterocycles. The zero-order valence-electron chi connectivity index (χ0n) is 18.0. The number of nitrogens with zero attached hydrogens (tertiary/aromatic N) is 3. The Kier molecular flexibility index (Phi) is 6.59. The van der Waals surface area contributed by atoms with Gasteiger partial charge in [0.2, 0.25) is 5.91 Å². The van der Waals surface area contributed by atoms with E-state index >= 15 is 0 Å². The van der Waals surface area contributed by atoms with Crippen molar-refractivity contribution < 1.29 is 32.7 Å². The number of hydroxylamine groups is 2. The number of benzene rings is 1. The van der Waals surface area contributed by atoms with Crippen LogP contribution in [-0.4, -0.2) is 61.7 Å². The van der Waals surface area contributed by atoms with Gasteiger partial charge in [0.05, 0.1) is 25.4 Å². The summed E-state index contributed by atoms with van der Waals surface area (Å²) in [5.41, 5.74) is -0.152. The number of carbonyl (C=O) groups is 3. The van der Waals surface area contributed by atoms with E-state index in [1.54, 1.807) is 0 Å². The van der Waals surface area contributed by atoms with Gasteiger partial charge in [-0.25, -0.2) is 18.6 Å². The zero-order valence-corrected chi connectivity index (χ0v) is 18.0. The first-order valence-corrected chi connectivity index (χ1v) is 11.0. The second-order valence-corrected chi connectivity index (χ2v) is 8.58. The van der Waals surface area contributed by atoms with Gasteiger partial charge >= 0.3 is 6.09 Å². The van der Waals surface area contributed by atoms with Crippen molar-refractivity contribution in [3.05, 3.63) is 23.8 Å². The molecule has 2 aliphatic heterocycles. The molecule has 0 aromatic heterocycles. The first kappa shape index (κ1) is 22.4. The maximum atomic E-state index is 15.0. The number of carbonyl (C=O) groups excluding carboxylic acids is 3. The maximum absolute atomic E-state index is 15.0. The van der Waals surface area contributed by atoms with Crippen molar-refractivity contribution in [2.45, 2.75) is 45.1 Å². The van der Waals surface area contributed by atoms with Gasteiger partial charge in [-0.3, -0.25) is 14.5 Å². The number of anilines is 2. The van der Waals surface area contributed by atoms with Gasteiger partial charge in [-0.05, 0) is 32.1 Å². The number of rotatable bonds is 7. The Balaban J connectivity index is 1.43. The van der Waals surface area contributed by atoms with E-state index in [1.807, 2.05) is 0 Å². The summed E-state index contributed by atoms with van der Waals surface area (Å²) in [7, 11) is 0. The molecule has 0 spiro atoms. The SMILES string of the molecule is CC(=O)CC[C@H]1CN(c2cc(F)c(N3CCON(C(=O)CC4CC4)CC3)c(F)c2)C(=O)O1. The third-order valence-corrected chi connectivity index (χ3v) is 5.94. The molecule has 1 aromatic carbocycles. The molecule has 3 aliphatic rings. The molecule has 1 atom stereocenters. The lowest BCUT2D eigenvalue weighted by Crippen LogP contribution is -2.35. The lowest BCUT2D eigenvalue weighted by molar-refractivity contribution is -0.182. The van der Waals surface area contributed by atoms with Gasteiger partial charge in [0, 0.05) is 38.1 Å². The standard InChI is InChI=1S/C22H27F2N3O5/c1-14(28)2-5-17-13-26(22(30)32-17)16-11-18(23)21(19(24)12-16)25-6-7-27(31-9-8-25)20(29)10-15-3-4-15/h11-12,15,17H,2-10,13H2,1H3/t17-/m0/s1. The van der Waals surface area contributed by atoms with Gasteiger partial charge in [-0.15, -0.1) is 0 Å². The molecule has 8 nitrogen and oxygen atoms in total. The van der Waals surface area contributed by atoms with E-state index in [1.165, 1.54) is 21.8 Å². The molecule has 1 saturated carbocycles. The summed E-state index contributed by atoms with van der Waals surface area (Å²) in [4.78, 5) is 43.8. The molecule has 0 bridgehead atoms. The molecule has 10 heteroatoms. The quantitative estimate of drug-likeness (QED) is 0.634. The number of hydrogen-bond acceptors (Lipinski definition) is 6. The third-order valence-electron chi connectivity index (χ3n) is 5.94. The van der Waals surface area contributed by atoms with Crippen LogP contribution >= 0.6 is 0 Å². The van der Waals surface area contributed by atoms with Gasteiger partial charge in [0.15, 0.2) is 11.6 Å². The topological polar surface area (TPSA) is 79.4 Å². The van der Waals surface area contributed by atoms with Gasteiger partial charge < -0.3 is 14.4 Å². The highest BCUT2D eigenvalue weighted by Gasteiger charge is 2.34. The highest BCUT2D eigenvalue weighted by Crippen LogP contribution is 2.34. The summed E-state index contributed by atoms with van der Waals surface area (Å²) in [6, 6.07) is 2.21. The van der Waals surface area contributed by atoms with Crippen molar-refractivity contribution >= 4 is 29.2 Å². The molecule has 0 N–H and O–H groups in total. The normalized spacial score (nSPS) is 21.5. The molecule has 1 aromatic rings. The number of hydrogen-bond donors (Lipinski definition) is 0. The fraction of sp³-hybridized carbons (Fsp3) is 0.591. The molecule has 4 rings (SSSR count). The van der Waals surface area contributed by atoms with Crippen LogP contribution in [0.5, 0.6) is 0 Å². The van der Waals surface area contributed by atoms with E-state index in [-0.39, 0.29) is 62.3 Å². The van der Waals surface area contributed by atoms with Crippen molar-refractivity contribution in [3.8, 4) is 0 Å². The fourth-order valence-electron chi connectivity index (χ4n) is 4.00. The Hall–Kier alpha value is -2.75. The number of cyclic esters (lactones) is 1. The predicted molar refractivity (Wildman–Crippen MR) is 111 cm³/mol. The minimum Gasteiger partial charge on any atom is -0.444 e. The smallest absolute Gasteiger partial charge is 0.414 e. The van der Waals surface area contributed by atoms with Gasteiger partial charge in [0.25, 0.3) is 0 Å². The van der Waals surface area contributed by atoms with E-state index in [4.69, 9.17) is 9.57 Å². The maximum Gasteiger partial charge on any atom is 0.414 e. The average Bonchev–Trinajstić information content (AvgIpc) is 3.50. The largest absolute Gasteiger partial charge is 0.444 e. The highest BCUT2D eigenvalue weighted by molar-refractivity contribution is 5.90. The molecule has 174 valence electrons. The minimum absolute atomic E-state index is 0.0184. The molecule has 1 aliphatic carbocycles. The highest BCUT2D eigenvalue weighted by atomic mass is 19.1. The van der Waals surface area contributed by atoms with Crippen molar-refractivity contribution in [2.75, 3.05) is 42.6 Å². The first-order valence-electron chi connectivity index (χ1n) is 11.0. The summed E-state index contributed by atoms with van der Waals surface area (Å²) in [6.45, 7) is 2.37. The number of ether oxygens (including phenoxy) is 1. The Morgan fingerprint density at radius 2 is 1.84 bits per heavy atom. The summed E-state index contributed by atoms with van der Waals surface area (Å²) >= 11 is 0. The molecule has 32 heavy (non-hydrogen) atoms. The van der Waals surface area contributed by atoms with Crippen LogP contribution in [0.3, 0.4) is 0 Å². The van der Waals surface area contributed by atoms with Crippen molar-refractivity contribution in [1.29, 1.82) is 0 Å². The van der Waals surface area contributed by atoms with Crippen LogP contribution in [0.1, 0.15) is 39.0 Å². The van der Waals surface area contributed by atoms with E-state index in [0.717, 1.165) is 25.0 Å². The molecule has 2 heterocycles. The fourth-order valence-corrected chi connectivity index (χ4v) is 4.00. The van der Waals surface area contributed by atoms with Crippen LogP contribution in [0.15, 0.2) is 12.1 Å².